The molecule has 55 heavy (non-hydrogen) atoms. The van der Waals surface area contributed by atoms with E-state index in [4.69, 9.17) is 12.6 Å². The molecule has 6 amide bonds. The van der Waals surface area contributed by atoms with Crippen molar-refractivity contribution in [1.82, 2.24) is 26.3 Å². The molecule has 276 valence electrons. The first-order chi connectivity index (χ1) is 26.7. The number of imide groups is 1. The van der Waals surface area contributed by atoms with Gasteiger partial charge in [-0.15, -0.1) is 0 Å². The highest BCUT2D eigenvalue weighted by molar-refractivity contribution is 6.32. The Hall–Kier alpha value is -6.76. The van der Waals surface area contributed by atoms with Gasteiger partial charge in [-0.25, -0.2) is 14.6 Å². The van der Waals surface area contributed by atoms with Gasteiger partial charge >= 0.3 is 12.1 Å². The van der Waals surface area contributed by atoms with Gasteiger partial charge in [0.2, 0.25) is 17.7 Å². The van der Waals surface area contributed by atoms with Crippen molar-refractivity contribution in [2.75, 3.05) is 6.54 Å². The van der Waals surface area contributed by atoms with Gasteiger partial charge in [0, 0.05) is 19.1 Å². The standard InChI is InChI=1S/C42H39BN6O6/c43-34-19-16-29(17-20-34)23-37(47-42(54)55-27-30-11-5-2-6-12-30)40(52)46-36(24-31-15-18-32-13-7-8-14-33(32)21-31)39(51)45-35(22-28-9-3-1-4-10-28)25-44-49-26-38(50)48-41(49)53/h1-21,25,35-37H,22-24,26-27H2,(H,45,51)(H,46,52)(H,47,54)(H,48,50,53). The lowest BCUT2D eigenvalue weighted by Gasteiger charge is -2.25. The smallest absolute Gasteiger partial charge is 0.408 e. The lowest BCUT2D eigenvalue weighted by atomic mass is 9.93. The van der Waals surface area contributed by atoms with Crippen molar-refractivity contribution >= 4 is 60.1 Å². The molecule has 0 aliphatic carbocycles. The van der Waals surface area contributed by atoms with Crippen LogP contribution in [-0.2, 0) is 45.0 Å². The Labute approximate surface area is 319 Å². The Morgan fingerprint density at radius 1 is 0.691 bits per heavy atom. The lowest BCUT2D eigenvalue weighted by Crippen LogP contribution is -2.56. The zero-order valence-corrected chi connectivity index (χ0v) is 29.9. The minimum atomic E-state index is -1.13. The molecule has 0 spiro atoms. The van der Waals surface area contributed by atoms with E-state index in [-0.39, 0.29) is 26.0 Å². The number of nitrogens with zero attached hydrogens (tertiary/aromatic N) is 2. The second-order valence-electron chi connectivity index (χ2n) is 13.1. The number of fused-ring (bicyclic) bond motifs is 1. The number of ether oxygens (including phenoxy) is 1. The van der Waals surface area contributed by atoms with E-state index in [1.54, 1.807) is 24.3 Å². The van der Waals surface area contributed by atoms with Gasteiger partial charge in [-0.3, -0.25) is 19.7 Å². The summed E-state index contributed by atoms with van der Waals surface area (Å²) in [6, 6.07) is 35.4. The first-order valence-corrected chi connectivity index (χ1v) is 17.8. The molecule has 3 atom stereocenters. The van der Waals surface area contributed by atoms with E-state index in [0.29, 0.717) is 11.9 Å². The molecule has 5 aromatic rings. The molecule has 0 bridgehead atoms. The monoisotopic (exact) mass is 734 g/mol. The maximum atomic E-state index is 14.3. The second kappa shape index (κ2) is 18.3. The third kappa shape index (κ3) is 11.1. The highest BCUT2D eigenvalue weighted by atomic mass is 16.5. The summed E-state index contributed by atoms with van der Waals surface area (Å²) in [7, 11) is 5.90. The van der Waals surface area contributed by atoms with Crippen LogP contribution in [0.3, 0.4) is 0 Å². The van der Waals surface area contributed by atoms with Crippen LogP contribution < -0.4 is 26.7 Å². The normalized spacial score (nSPS) is 14.2. The van der Waals surface area contributed by atoms with Crippen molar-refractivity contribution in [2.45, 2.75) is 44.0 Å². The number of benzene rings is 5. The first kappa shape index (κ1) is 38.0. The van der Waals surface area contributed by atoms with Crippen LogP contribution >= 0.6 is 0 Å². The summed E-state index contributed by atoms with van der Waals surface area (Å²) in [5, 5.41) is 17.9. The average Bonchev–Trinajstić information content (AvgIpc) is 3.52. The molecule has 1 fully saturated rings. The molecule has 6 rings (SSSR count). The summed E-state index contributed by atoms with van der Waals surface area (Å²) in [6.07, 6.45) is 1.07. The SMILES string of the molecule is [B]c1ccc(CC(NC(=O)OCc2ccccc2)C(=O)NC(Cc2ccc3ccccc3c2)C(=O)NC(C=NN2CC(=O)NC2=O)Cc2ccccc2)cc1. The van der Waals surface area contributed by atoms with E-state index in [2.05, 4.69) is 26.4 Å². The maximum absolute atomic E-state index is 14.3. The molecule has 0 saturated carbocycles. The molecule has 2 radical (unpaired) electrons. The number of hydrazone groups is 1. The van der Waals surface area contributed by atoms with Gasteiger partial charge in [0.05, 0.1) is 6.04 Å². The topological polar surface area (TPSA) is 158 Å². The van der Waals surface area contributed by atoms with E-state index in [1.165, 1.54) is 6.21 Å². The third-order valence-electron chi connectivity index (χ3n) is 8.91. The van der Waals surface area contributed by atoms with Crippen molar-refractivity contribution in [3.63, 3.8) is 0 Å². The van der Waals surface area contributed by atoms with Gasteiger partial charge in [0.1, 0.15) is 33.1 Å². The van der Waals surface area contributed by atoms with Gasteiger partial charge < -0.3 is 20.7 Å². The van der Waals surface area contributed by atoms with Crippen LogP contribution in [0.1, 0.15) is 22.3 Å². The highest BCUT2D eigenvalue weighted by Crippen LogP contribution is 2.17. The minimum absolute atomic E-state index is 0.00647. The second-order valence-corrected chi connectivity index (χ2v) is 13.1. The van der Waals surface area contributed by atoms with Crippen LogP contribution in [0.5, 0.6) is 0 Å². The summed E-state index contributed by atoms with van der Waals surface area (Å²) >= 11 is 0. The van der Waals surface area contributed by atoms with Crippen LogP contribution in [0, 0.1) is 0 Å². The van der Waals surface area contributed by atoms with Gasteiger partial charge in [-0.2, -0.15) is 5.10 Å². The predicted octanol–water partition coefficient (Wildman–Crippen LogP) is 3.46. The number of nitrogens with one attached hydrogen (secondary N) is 4. The summed E-state index contributed by atoms with van der Waals surface area (Å²) in [5.41, 5.74) is 3.69. The van der Waals surface area contributed by atoms with Gasteiger partial charge in [0.25, 0.3) is 0 Å². The van der Waals surface area contributed by atoms with Crippen molar-refractivity contribution in [1.29, 1.82) is 0 Å². The third-order valence-corrected chi connectivity index (χ3v) is 8.91. The van der Waals surface area contributed by atoms with Gasteiger partial charge in [-0.1, -0.05) is 133 Å². The van der Waals surface area contributed by atoms with Crippen molar-refractivity contribution in [3.05, 3.63) is 150 Å². The number of carbonyl (C=O) groups is 5. The van der Waals surface area contributed by atoms with Crippen molar-refractivity contribution in [3.8, 4) is 0 Å². The minimum Gasteiger partial charge on any atom is -0.445 e. The Balaban J connectivity index is 1.26. The van der Waals surface area contributed by atoms with E-state index in [1.807, 2.05) is 103 Å². The van der Waals surface area contributed by atoms with Gasteiger partial charge in [-0.05, 0) is 39.4 Å². The van der Waals surface area contributed by atoms with E-state index < -0.39 is 48.0 Å². The first-order valence-electron chi connectivity index (χ1n) is 17.8. The lowest BCUT2D eigenvalue weighted by molar-refractivity contribution is -0.130. The highest BCUT2D eigenvalue weighted by Gasteiger charge is 2.30. The predicted molar refractivity (Wildman–Crippen MR) is 209 cm³/mol. The number of amides is 6. The van der Waals surface area contributed by atoms with E-state index in [0.717, 1.165) is 38.0 Å². The molecule has 1 heterocycles. The van der Waals surface area contributed by atoms with Gasteiger partial charge in [0.15, 0.2) is 0 Å². The largest absolute Gasteiger partial charge is 0.445 e. The average molecular weight is 735 g/mol. The Bertz CT molecular complexity index is 2170. The molecular weight excluding hydrogens is 695 g/mol. The van der Waals surface area contributed by atoms with Crippen LogP contribution in [0.25, 0.3) is 10.8 Å². The Morgan fingerprint density at radius 2 is 1.27 bits per heavy atom. The van der Waals surface area contributed by atoms with Crippen LogP contribution in [0.2, 0.25) is 0 Å². The molecule has 1 saturated heterocycles. The van der Waals surface area contributed by atoms with E-state index in [9.17, 15) is 24.0 Å². The molecule has 13 heteroatoms. The molecule has 12 nitrogen and oxygen atoms in total. The van der Waals surface area contributed by atoms with Crippen molar-refractivity contribution in [2.24, 2.45) is 5.10 Å². The fourth-order valence-electron chi connectivity index (χ4n) is 6.07. The number of rotatable bonds is 15. The van der Waals surface area contributed by atoms with Crippen LogP contribution in [0.15, 0.2) is 132 Å². The number of carbonyl (C=O) groups excluding carboxylic acids is 5. The molecule has 1 aliphatic heterocycles. The molecule has 0 aromatic heterocycles. The zero-order valence-electron chi connectivity index (χ0n) is 29.9. The fourth-order valence-corrected chi connectivity index (χ4v) is 6.07. The molecule has 4 N–H and O–H groups in total. The molecular formula is C42H39BN6O6. The molecule has 5 aromatic carbocycles. The number of alkyl carbamates (subject to hydrolysis) is 1. The number of hydrogen-bond donors (Lipinski definition) is 4. The van der Waals surface area contributed by atoms with Crippen LogP contribution in [0.4, 0.5) is 9.59 Å². The molecule has 3 unspecified atom stereocenters. The summed E-state index contributed by atoms with van der Waals surface area (Å²) in [6.45, 7) is -0.258. The number of urea groups is 1. The summed E-state index contributed by atoms with van der Waals surface area (Å²) in [4.78, 5) is 65.5. The quantitative estimate of drug-likeness (QED) is 0.0733. The van der Waals surface area contributed by atoms with Crippen LogP contribution in [-0.4, -0.2) is 73.6 Å². The Morgan fingerprint density at radius 3 is 1.96 bits per heavy atom. The van der Waals surface area contributed by atoms with E-state index >= 15 is 0 Å². The fraction of sp³-hybridized carbons (Fsp3) is 0.190. The summed E-state index contributed by atoms with van der Waals surface area (Å²) < 4.78 is 5.45. The number of hydrogen-bond acceptors (Lipinski definition) is 7. The summed E-state index contributed by atoms with van der Waals surface area (Å²) in [5.74, 6) is -1.64. The maximum Gasteiger partial charge on any atom is 0.408 e. The van der Waals surface area contributed by atoms with Crippen molar-refractivity contribution < 1.29 is 28.7 Å². The zero-order chi connectivity index (χ0) is 38.6. The Kier molecular flexibility index (Phi) is 12.7. The molecule has 1 aliphatic rings.